The summed E-state index contributed by atoms with van der Waals surface area (Å²) in [6, 6.07) is 16.5. The lowest BCUT2D eigenvalue weighted by molar-refractivity contribution is -0.385. The van der Waals surface area contributed by atoms with Gasteiger partial charge in [0.2, 0.25) is 5.89 Å². The van der Waals surface area contributed by atoms with E-state index in [0.717, 1.165) is 37.3 Å². The molecule has 32 heavy (non-hydrogen) atoms. The number of oxazole rings is 1. The second-order valence-electron chi connectivity index (χ2n) is 7.73. The molecule has 2 aromatic carbocycles. The van der Waals surface area contributed by atoms with E-state index in [0.29, 0.717) is 25.5 Å². The topological polar surface area (TPSA) is 105 Å². The third kappa shape index (κ3) is 5.57. The van der Waals surface area contributed by atoms with Crippen molar-refractivity contribution in [3.05, 3.63) is 93.7 Å². The van der Waals surface area contributed by atoms with Gasteiger partial charge in [-0.25, -0.2) is 4.98 Å². The molecule has 166 valence electrons. The van der Waals surface area contributed by atoms with E-state index in [4.69, 9.17) is 4.42 Å². The first-order chi connectivity index (χ1) is 15.6. The quantitative estimate of drug-likeness (QED) is 0.428. The molecule has 0 saturated carbocycles. The summed E-state index contributed by atoms with van der Waals surface area (Å²) in [4.78, 5) is 31.9. The number of nitrogens with one attached hydrogen (secondary N) is 1. The summed E-state index contributed by atoms with van der Waals surface area (Å²) >= 11 is 0. The van der Waals surface area contributed by atoms with Gasteiger partial charge in [0.25, 0.3) is 11.6 Å². The van der Waals surface area contributed by atoms with Crippen LogP contribution in [0, 0.1) is 10.1 Å². The minimum atomic E-state index is -0.332. The van der Waals surface area contributed by atoms with E-state index in [2.05, 4.69) is 20.1 Å². The molecule has 0 spiro atoms. The Hall–Kier alpha value is -3.56. The van der Waals surface area contributed by atoms with Crippen molar-refractivity contribution >= 4 is 11.6 Å². The van der Waals surface area contributed by atoms with Crippen LogP contribution in [0.25, 0.3) is 0 Å². The van der Waals surface area contributed by atoms with Gasteiger partial charge in [-0.1, -0.05) is 48.5 Å². The zero-order valence-corrected chi connectivity index (χ0v) is 17.6. The molecule has 2 heterocycles. The fraction of sp³-hybridized carbons (Fsp3) is 0.304. The number of carbonyl (C=O) groups excluding carboxylic acids is 1. The molecule has 0 atom stereocenters. The van der Waals surface area contributed by atoms with Crippen LogP contribution in [0.5, 0.6) is 0 Å². The van der Waals surface area contributed by atoms with Crippen molar-refractivity contribution < 1.29 is 14.1 Å². The van der Waals surface area contributed by atoms with Crippen LogP contribution in [0.2, 0.25) is 0 Å². The van der Waals surface area contributed by atoms with Crippen molar-refractivity contribution in [2.75, 3.05) is 26.2 Å². The van der Waals surface area contributed by atoms with E-state index in [1.807, 2.05) is 42.5 Å². The van der Waals surface area contributed by atoms with Gasteiger partial charge in [0.15, 0.2) is 5.69 Å². The van der Waals surface area contributed by atoms with E-state index in [1.165, 1.54) is 6.26 Å². The Bertz CT molecular complexity index is 1060. The molecular weight excluding hydrogens is 410 g/mol. The third-order valence-electron chi connectivity index (χ3n) is 5.49. The maximum absolute atomic E-state index is 12.3. The molecule has 1 N–H and O–H groups in total. The molecule has 1 aliphatic heterocycles. The number of para-hydroxylation sites is 1. The molecule has 0 bridgehead atoms. The van der Waals surface area contributed by atoms with Crippen LogP contribution in [-0.4, -0.2) is 51.8 Å². The van der Waals surface area contributed by atoms with Crippen molar-refractivity contribution in [1.82, 2.24) is 20.1 Å². The minimum absolute atomic E-state index is 0.160. The summed E-state index contributed by atoms with van der Waals surface area (Å²) in [5.74, 6) is 0.236. The molecule has 1 aliphatic rings. The van der Waals surface area contributed by atoms with Crippen LogP contribution in [0.4, 0.5) is 5.69 Å². The first-order valence-electron chi connectivity index (χ1n) is 10.5. The highest BCUT2D eigenvalue weighted by molar-refractivity contribution is 5.91. The van der Waals surface area contributed by atoms with E-state index >= 15 is 0 Å². The maximum Gasteiger partial charge on any atom is 0.273 e. The number of amides is 1. The summed E-state index contributed by atoms with van der Waals surface area (Å²) in [5, 5.41) is 14.1. The van der Waals surface area contributed by atoms with E-state index in [9.17, 15) is 14.9 Å². The van der Waals surface area contributed by atoms with Crippen LogP contribution in [0.3, 0.4) is 0 Å². The van der Waals surface area contributed by atoms with Crippen LogP contribution in [0.1, 0.15) is 27.5 Å². The van der Waals surface area contributed by atoms with Gasteiger partial charge in [0.1, 0.15) is 6.26 Å². The fourth-order valence-electron chi connectivity index (χ4n) is 3.72. The molecule has 1 aromatic heterocycles. The van der Waals surface area contributed by atoms with Crippen molar-refractivity contribution in [2.24, 2.45) is 0 Å². The molecule has 0 radical (unpaired) electrons. The van der Waals surface area contributed by atoms with E-state index in [-0.39, 0.29) is 22.2 Å². The smallest absolute Gasteiger partial charge is 0.273 e. The molecule has 4 rings (SSSR count). The summed E-state index contributed by atoms with van der Waals surface area (Å²) in [5.41, 5.74) is 2.17. The highest BCUT2D eigenvalue weighted by Crippen LogP contribution is 2.20. The highest BCUT2D eigenvalue weighted by atomic mass is 16.6. The zero-order chi connectivity index (χ0) is 22.3. The Morgan fingerprint density at radius 3 is 2.38 bits per heavy atom. The number of aromatic nitrogens is 1. The lowest BCUT2D eigenvalue weighted by Gasteiger charge is -2.33. The maximum atomic E-state index is 12.3. The molecular formula is C23H25N5O4. The molecule has 9 heteroatoms. The SMILES string of the molecule is O=C(NCc1ccccc1)c1coc(CN2CCN(Cc3ccccc3[N+](=O)[O-])CC2)n1. The van der Waals surface area contributed by atoms with Crippen molar-refractivity contribution in [3.63, 3.8) is 0 Å². The largest absolute Gasteiger partial charge is 0.447 e. The average molecular weight is 435 g/mol. The summed E-state index contributed by atoms with van der Waals surface area (Å²) in [6.07, 6.45) is 1.39. The zero-order valence-electron chi connectivity index (χ0n) is 17.6. The molecule has 1 amide bonds. The second-order valence-corrected chi connectivity index (χ2v) is 7.73. The summed E-state index contributed by atoms with van der Waals surface area (Å²) in [7, 11) is 0. The van der Waals surface area contributed by atoms with E-state index in [1.54, 1.807) is 12.1 Å². The third-order valence-corrected chi connectivity index (χ3v) is 5.49. The highest BCUT2D eigenvalue weighted by Gasteiger charge is 2.22. The van der Waals surface area contributed by atoms with Crippen molar-refractivity contribution in [3.8, 4) is 0 Å². The molecule has 1 saturated heterocycles. The fourth-order valence-corrected chi connectivity index (χ4v) is 3.72. The molecule has 0 aliphatic carbocycles. The Kier molecular flexibility index (Phi) is 6.88. The number of carbonyl (C=O) groups is 1. The number of hydrogen-bond donors (Lipinski definition) is 1. The Labute approximate surface area is 185 Å². The van der Waals surface area contributed by atoms with Crippen LogP contribution < -0.4 is 5.32 Å². The Morgan fingerprint density at radius 1 is 1.00 bits per heavy atom. The van der Waals surface area contributed by atoms with Crippen LogP contribution in [-0.2, 0) is 19.6 Å². The number of piperazine rings is 1. The predicted molar refractivity (Wildman–Crippen MR) is 118 cm³/mol. The molecule has 0 unspecified atom stereocenters. The van der Waals surface area contributed by atoms with Gasteiger partial charge in [0, 0.05) is 50.9 Å². The van der Waals surface area contributed by atoms with Gasteiger partial charge in [-0.3, -0.25) is 24.7 Å². The van der Waals surface area contributed by atoms with Gasteiger partial charge in [-0.15, -0.1) is 0 Å². The second kappa shape index (κ2) is 10.2. The van der Waals surface area contributed by atoms with Crippen molar-refractivity contribution in [2.45, 2.75) is 19.6 Å². The van der Waals surface area contributed by atoms with Gasteiger partial charge in [0.05, 0.1) is 11.5 Å². The minimum Gasteiger partial charge on any atom is -0.447 e. The molecule has 3 aromatic rings. The monoisotopic (exact) mass is 435 g/mol. The lowest BCUT2D eigenvalue weighted by atomic mass is 10.1. The Balaban J connectivity index is 1.25. The summed E-state index contributed by atoms with van der Waals surface area (Å²) in [6.45, 7) is 4.66. The molecule has 9 nitrogen and oxygen atoms in total. The van der Waals surface area contributed by atoms with Gasteiger partial charge in [-0.2, -0.15) is 0 Å². The van der Waals surface area contributed by atoms with Crippen molar-refractivity contribution in [1.29, 1.82) is 0 Å². The van der Waals surface area contributed by atoms with Crippen LogP contribution >= 0.6 is 0 Å². The number of hydrogen-bond acceptors (Lipinski definition) is 7. The van der Waals surface area contributed by atoms with Gasteiger partial charge < -0.3 is 9.73 Å². The number of nitrogens with zero attached hydrogens (tertiary/aromatic N) is 4. The first-order valence-corrected chi connectivity index (χ1v) is 10.5. The normalized spacial score (nSPS) is 14.9. The van der Waals surface area contributed by atoms with Crippen LogP contribution in [0.15, 0.2) is 65.3 Å². The number of rotatable bonds is 8. The molecule has 1 fully saturated rings. The van der Waals surface area contributed by atoms with Gasteiger partial charge >= 0.3 is 0 Å². The Morgan fingerprint density at radius 2 is 1.66 bits per heavy atom. The number of nitro groups is 1. The van der Waals surface area contributed by atoms with Gasteiger partial charge in [-0.05, 0) is 5.56 Å². The van der Waals surface area contributed by atoms with E-state index < -0.39 is 0 Å². The average Bonchev–Trinajstić information content (AvgIpc) is 3.28. The number of benzene rings is 2. The first kappa shape index (κ1) is 21.7. The predicted octanol–water partition coefficient (Wildman–Crippen LogP) is 2.83. The standard InChI is InChI=1S/C23H25N5O4/c29-23(24-14-18-6-2-1-3-7-18)20-17-32-22(25-20)16-27-12-10-26(11-13-27)15-19-8-4-5-9-21(19)28(30)31/h1-9,17H,10-16H2,(H,24,29). The summed E-state index contributed by atoms with van der Waals surface area (Å²) < 4.78 is 5.50. The number of nitro benzene ring substituents is 1. The lowest BCUT2D eigenvalue weighted by Crippen LogP contribution is -2.45.